The summed E-state index contributed by atoms with van der Waals surface area (Å²) in [5, 5.41) is 17.4. The predicted octanol–water partition coefficient (Wildman–Crippen LogP) is 2.88. The van der Waals surface area contributed by atoms with E-state index in [9.17, 15) is 0 Å². The van der Waals surface area contributed by atoms with Crippen LogP contribution < -0.4 is 5.32 Å². The highest BCUT2D eigenvalue weighted by Crippen LogP contribution is 2.47. The number of anilines is 1. The molecule has 9 nitrogen and oxygen atoms in total. The average molecular weight is 463 g/mol. The van der Waals surface area contributed by atoms with E-state index >= 15 is 0 Å². The Balaban J connectivity index is 0.000000582. The Morgan fingerprint density at radius 3 is 2.42 bits per heavy atom. The number of fused-ring (bicyclic) bond motifs is 2. The van der Waals surface area contributed by atoms with Gasteiger partial charge in [0.2, 0.25) is 0 Å². The van der Waals surface area contributed by atoms with E-state index in [-0.39, 0.29) is 18.4 Å². The molecule has 2 aliphatic heterocycles. The third kappa shape index (κ3) is 7.50. The molecular formula is C24H38N4O5. The fraction of sp³-hybridized carbons (Fsp3) is 0.667. The second-order valence-corrected chi connectivity index (χ2v) is 9.13. The maximum absolute atomic E-state index is 8.36. The third-order valence-corrected chi connectivity index (χ3v) is 6.63. The summed E-state index contributed by atoms with van der Waals surface area (Å²) in [6.45, 7) is 12.1. The molecule has 1 spiro atoms. The van der Waals surface area contributed by atoms with Crippen molar-refractivity contribution in [3.63, 3.8) is 0 Å². The summed E-state index contributed by atoms with van der Waals surface area (Å²) in [6.07, 6.45) is 8.31. The van der Waals surface area contributed by atoms with Crippen molar-refractivity contribution in [3.05, 3.63) is 28.7 Å². The molecule has 3 aliphatic rings. The molecule has 1 atom stereocenters. The first-order valence-corrected chi connectivity index (χ1v) is 11.6. The Kier molecular flexibility index (Phi) is 10.7. The molecule has 9 heteroatoms. The number of likely N-dealkylation sites (tertiary alicyclic amines) is 1. The molecule has 1 aliphatic carbocycles. The zero-order valence-corrected chi connectivity index (χ0v) is 20.0. The summed E-state index contributed by atoms with van der Waals surface area (Å²) in [5.74, 6) is 2.62. The van der Waals surface area contributed by atoms with Gasteiger partial charge in [-0.3, -0.25) is 14.5 Å². The average Bonchev–Trinajstić information content (AvgIpc) is 3.42. The van der Waals surface area contributed by atoms with Gasteiger partial charge in [-0.1, -0.05) is 11.6 Å². The molecule has 2 fully saturated rings. The summed E-state index contributed by atoms with van der Waals surface area (Å²) < 4.78 is 5.52. The Bertz CT molecular complexity index is 790. The van der Waals surface area contributed by atoms with E-state index in [0.29, 0.717) is 5.92 Å². The number of hydrogen-bond acceptors (Lipinski definition) is 7. The van der Waals surface area contributed by atoms with Gasteiger partial charge in [-0.05, 0) is 66.0 Å². The van der Waals surface area contributed by atoms with Gasteiger partial charge in [-0.2, -0.15) is 0 Å². The minimum atomic E-state index is -0.250. The smallest absolute Gasteiger partial charge is 0.290 e. The number of nitrogens with zero attached hydrogens (tertiary/aromatic N) is 3. The lowest BCUT2D eigenvalue weighted by atomic mass is 9.76. The highest BCUT2D eigenvalue weighted by atomic mass is 16.5. The largest absolute Gasteiger partial charge is 0.483 e. The van der Waals surface area contributed by atoms with Gasteiger partial charge in [0.25, 0.3) is 12.9 Å². The predicted molar refractivity (Wildman–Crippen MR) is 127 cm³/mol. The molecule has 0 radical (unpaired) electrons. The normalized spacial score (nSPS) is 20.5. The van der Waals surface area contributed by atoms with E-state index in [1.165, 1.54) is 49.2 Å². The number of aromatic nitrogens is 2. The number of carboxylic acid groups (broad SMARTS) is 2. The van der Waals surface area contributed by atoms with Crippen molar-refractivity contribution in [1.29, 1.82) is 0 Å². The van der Waals surface area contributed by atoms with Gasteiger partial charge in [-0.15, -0.1) is 0 Å². The van der Waals surface area contributed by atoms with Crippen molar-refractivity contribution in [2.24, 2.45) is 5.92 Å². The van der Waals surface area contributed by atoms with Gasteiger partial charge in [-0.25, -0.2) is 9.97 Å². The molecule has 3 heterocycles. The molecule has 2 saturated heterocycles. The molecule has 1 aromatic rings. The van der Waals surface area contributed by atoms with E-state index in [0.717, 1.165) is 50.8 Å². The van der Waals surface area contributed by atoms with Crippen LogP contribution in [0.15, 0.2) is 11.6 Å². The van der Waals surface area contributed by atoms with Crippen LogP contribution in [-0.2, 0) is 26.2 Å². The van der Waals surface area contributed by atoms with E-state index in [2.05, 4.69) is 30.1 Å². The van der Waals surface area contributed by atoms with Crippen LogP contribution in [0.4, 0.5) is 5.82 Å². The van der Waals surface area contributed by atoms with Crippen LogP contribution in [-0.4, -0.2) is 77.4 Å². The van der Waals surface area contributed by atoms with E-state index in [4.69, 9.17) is 34.5 Å². The molecule has 33 heavy (non-hydrogen) atoms. The molecule has 0 aromatic carbocycles. The molecule has 3 N–H and O–H groups in total. The first-order valence-electron chi connectivity index (χ1n) is 11.6. The molecule has 1 unspecified atom stereocenters. The fourth-order valence-corrected chi connectivity index (χ4v) is 4.85. The van der Waals surface area contributed by atoms with E-state index in [1.807, 2.05) is 6.92 Å². The van der Waals surface area contributed by atoms with Crippen molar-refractivity contribution in [2.75, 3.05) is 44.7 Å². The van der Waals surface area contributed by atoms with Crippen molar-refractivity contribution in [2.45, 2.75) is 58.3 Å². The molecule has 0 amide bonds. The van der Waals surface area contributed by atoms with E-state index in [1.54, 1.807) is 0 Å². The van der Waals surface area contributed by atoms with Gasteiger partial charge in [0, 0.05) is 36.6 Å². The van der Waals surface area contributed by atoms with E-state index < -0.39 is 0 Å². The molecule has 4 rings (SSSR count). The van der Waals surface area contributed by atoms with Crippen molar-refractivity contribution < 1.29 is 24.5 Å². The second-order valence-electron chi connectivity index (χ2n) is 9.13. The number of aryl methyl sites for hydroxylation is 1. The van der Waals surface area contributed by atoms with Gasteiger partial charge in [0.05, 0.1) is 12.3 Å². The number of ether oxygens (including phenoxy) is 1. The number of allylic oxidation sites excluding steroid dienone is 1. The van der Waals surface area contributed by atoms with Crippen LogP contribution >= 0.6 is 0 Å². The van der Waals surface area contributed by atoms with Crippen LogP contribution in [0.2, 0.25) is 0 Å². The first kappa shape index (κ1) is 26.7. The zero-order chi connectivity index (χ0) is 24.3. The lowest BCUT2D eigenvalue weighted by Crippen LogP contribution is -2.42. The van der Waals surface area contributed by atoms with Crippen LogP contribution in [0.5, 0.6) is 0 Å². The lowest BCUT2D eigenvalue weighted by Gasteiger charge is -2.39. The summed E-state index contributed by atoms with van der Waals surface area (Å²) >= 11 is 0. The van der Waals surface area contributed by atoms with Crippen LogP contribution in [0.3, 0.4) is 0 Å². The van der Waals surface area contributed by atoms with Crippen molar-refractivity contribution in [3.8, 4) is 0 Å². The Labute approximate surface area is 196 Å². The number of nitrogens with one attached hydrogen (secondary N) is 1. The number of rotatable bonds is 5. The zero-order valence-electron chi connectivity index (χ0n) is 20.0. The van der Waals surface area contributed by atoms with Crippen LogP contribution in [0.1, 0.15) is 56.6 Å². The summed E-state index contributed by atoms with van der Waals surface area (Å²) in [4.78, 5) is 29.0. The standard InChI is InChI=1S/C22H34N4O.2CH2O2/c1-16(2)5-10-26-11-8-22(9-12-26)7-4-19-20(22)24-17(3)25-21(19)23-14-18-6-13-27-15-18;2*2-1-3/h5,18H,4,6-15H2,1-3H3,(H,23,24,25);2*1H,(H,2,3). The Morgan fingerprint density at radius 2 is 1.85 bits per heavy atom. The maximum Gasteiger partial charge on any atom is 0.290 e. The summed E-state index contributed by atoms with van der Waals surface area (Å²) in [5.41, 5.74) is 4.42. The monoisotopic (exact) mass is 462 g/mol. The number of hydrogen-bond donors (Lipinski definition) is 3. The van der Waals surface area contributed by atoms with Gasteiger partial charge in [0.1, 0.15) is 11.6 Å². The maximum atomic E-state index is 8.36. The molecule has 184 valence electrons. The number of piperidine rings is 1. The second kappa shape index (κ2) is 13.3. The Hall–Kier alpha value is -2.52. The highest BCUT2D eigenvalue weighted by molar-refractivity contribution is 5.52. The molecule has 0 saturated carbocycles. The Morgan fingerprint density at radius 1 is 1.18 bits per heavy atom. The minimum absolute atomic E-state index is 0.250. The summed E-state index contributed by atoms with van der Waals surface area (Å²) in [7, 11) is 0. The number of carbonyl (C=O) groups is 2. The van der Waals surface area contributed by atoms with Crippen LogP contribution in [0.25, 0.3) is 0 Å². The third-order valence-electron chi connectivity index (χ3n) is 6.63. The first-order chi connectivity index (χ1) is 15.9. The SMILES string of the molecule is CC(C)=CCN1CCC2(CCc3c(NCC4CCOC4)nc(C)nc32)CC1.O=CO.O=CO. The molecular weight excluding hydrogens is 424 g/mol. The molecule has 0 bridgehead atoms. The van der Waals surface area contributed by atoms with Gasteiger partial charge >= 0.3 is 0 Å². The fourth-order valence-electron chi connectivity index (χ4n) is 4.85. The molecule has 1 aromatic heterocycles. The highest BCUT2D eigenvalue weighted by Gasteiger charge is 2.43. The van der Waals surface area contributed by atoms with Crippen LogP contribution in [0, 0.1) is 12.8 Å². The topological polar surface area (TPSA) is 125 Å². The van der Waals surface area contributed by atoms with Crippen molar-refractivity contribution >= 4 is 18.8 Å². The minimum Gasteiger partial charge on any atom is -0.483 e. The van der Waals surface area contributed by atoms with Crippen molar-refractivity contribution in [1.82, 2.24) is 14.9 Å². The lowest BCUT2D eigenvalue weighted by molar-refractivity contribution is -0.123. The summed E-state index contributed by atoms with van der Waals surface area (Å²) in [6, 6.07) is 0. The van der Waals surface area contributed by atoms with Gasteiger partial charge in [0.15, 0.2) is 0 Å². The quantitative estimate of drug-likeness (QED) is 0.447. The van der Waals surface area contributed by atoms with Gasteiger partial charge < -0.3 is 20.3 Å².